The Morgan fingerprint density at radius 2 is 1.96 bits per heavy atom. The molecule has 118 valence electrons. The Kier molecular flexibility index (Phi) is 4.19. The molecule has 0 bridgehead atoms. The molecule has 0 aliphatic carbocycles. The summed E-state index contributed by atoms with van der Waals surface area (Å²) in [5.74, 6) is 0.334. The Bertz CT molecular complexity index is 824. The van der Waals surface area contributed by atoms with Crippen LogP contribution in [-0.4, -0.2) is 23.2 Å². The predicted octanol–water partition coefficient (Wildman–Crippen LogP) is 3.38. The van der Waals surface area contributed by atoms with Gasteiger partial charge in [0, 0.05) is 23.2 Å². The number of ether oxygens (including phenoxy) is 2. The van der Waals surface area contributed by atoms with Crippen molar-refractivity contribution < 1.29 is 19.4 Å². The smallest absolute Gasteiger partial charge is 0.307 e. The van der Waals surface area contributed by atoms with Crippen LogP contribution >= 0.6 is 0 Å². The van der Waals surface area contributed by atoms with Crippen molar-refractivity contribution in [2.24, 2.45) is 0 Å². The lowest BCUT2D eigenvalue weighted by atomic mass is 10.1. The Balaban J connectivity index is 1.92. The fraction of sp³-hybridized carbons (Fsp3) is 0.167. The summed E-state index contributed by atoms with van der Waals surface area (Å²) in [6.45, 7) is 0.418. The number of methoxy groups -OCH3 is 1. The molecule has 23 heavy (non-hydrogen) atoms. The highest BCUT2D eigenvalue weighted by molar-refractivity contribution is 5.89. The molecule has 5 nitrogen and oxygen atoms in total. The normalized spacial score (nSPS) is 10.7. The molecule has 0 unspecified atom stereocenters. The van der Waals surface area contributed by atoms with Crippen molar-refractivity contribution in [1.29, 1.82) is 0 Å². The van der Waals surface area contributed by atoms with Crippen LogP contribution in [0.5, 0.6) is 11.5 Å². The van der Waals surface area contributed by atoms with E-state index in [0.29, 0.717) is 18.1 Å². The van der Waals surface area contributed by atoms with Crippen molar-refractivity contribution in [3.8, 4) is 11.5 Å². The predicted molar refractivity (Wildman–Crippen MR) is 87.0 cm³/mol. The van der Waals surface area contributed by atoms with Crippen LogP contribution in [0, 0.1) is 0 Å². The molecule has 0 aliphatic rings. The van der Waals surface area contributed by atoms with Gasteiger partial charge in [0.05, 0.1) is 13.5 Å². The number of aromatic amines is 1. The molecule has 3 aromatic rings. The van der Waals surface area contributed by atoms with E-state index in [1.165, 1.54) is 0 Å². The van der Waals surface area contributed by atoms with Crippen molar-refractivity contribution in [3.63, 3.8) is 0 Å². The quantitative estimate of drug-likeness (QED) is 0.732. The second-order valence-corrected chi connectivity index (χ2v) is 5.21. The van der Waals surface area contributed by atoms with Crippen LogP contribution in [0.4, 0.5) is 0 Å². The van der Waals surface area contributed by atoms with Gasteiger partial charge in [0.25, 0.3) is 0 Å². The molecule has 0 radical (unpaired) electrons. The number of aliphatic carboxylic acids is 1. The summed E-state index contributed by atoms with van der Waals surface area (Å²) < 4.78 is 11.2. The molecule has 2 N–H and O–H groups in total. The second-order valence-electron chi connectivity index (χ2n) is 5.21. The Labute approximate surface area is 133 Å². The lowest BCUT2D eigenvalue weighted by Crippen LogP contribution is -2.00. The number of carboxylic acids is 1. The summed E-state index contributed by atoms with van der Waals surface area (Å²) in [6.07, 6.45) is 1.67. The first kappa shape index (κ1) is 15.0. The number of hydrogen-bond acceptors (Lipinski definition) is 3. The number of carboxylic acid groups (broad SMARTS) is 1. The van der Waals surface area contributed by atoms with Gasteiger partial charge in [-0.2, -0.15) is 0 Å². The number of fused-ring (bicyclic) bond motifs is 1. The van der Waals surface area contributed by atoms with E-state index in [4.69, 9.17) is 14.6 Å². The van der Waals surface area contributed by atoms with Gasteiger partial charge < -0.3 is 19.6 Å². The third-order valence-corrected chi connectivity index (χ3v) is 3.63. The fourth-order valence-electron chi connectivity index (χ4n) is 2.50. The maximum absolute atomic E-state index is 11.0. The van der Waals surface area contributed by atoms with Crippen LogP contribution in [0.15, 0.2) is 48.7 Å². The molecule has 0 saturated heterocycles. The van der Waals surface area contributed by atoms with Crippen LogP contribution in [0.2, 0.25) is 0 Å². The molecule has 5 heteroatoms. The van der Waals surface area contributed by atoms with E-state index in [9.17, 15) is 4.79 Å². The molecule has 3 rings (SSSR count). The van der Waals surface area contributed by atoms with Crippen molar-refractivity contribution >= 4 is 16.9 Å². The number of H-pyrrole nitrogens is 1. The SMILES string of the molecule is COc1cc2[nH]cc(CC(=O)O)c2cc1OCc1ccccc1. The number of carbonyl (C=O) groups is 1. The van der Waals surface area contributed by atoms with E-state index in [2.05, 4.69) is 4.98 Å². The van der Waals surface area contributed by atoms with Crippen LogP contribution in [0.1, 0.15) is 11.1 Å². The monoisotopic (exact) mass is 311 g/mol. The average molecular weight is 311 g/mol. The van der Waals surface area contributed by atoms with Gasteiger partial charge in [-0.15, -0.1) is 0 Å². The summed E-state index contributed by atoms with van der Waals surface area (Å²) >= 11 is 0. The minimum absolute atomic E-state index is 0.0372. The minimum Gasteiger partial charge on any atom is -0.493 e. The summed E-state index contributed by atoms with van der Waals surface area (Å²) in [5, 5.41) is 9.83. The summed E-state index contributed by atoms with van der Waals surface area (Å²) in [6, 6.07) is 13.5. The first-order chi connectivity index (χ1) is 11.2. The molecule has 0 spiro atoms. The van der Waals surface area contributed by atoms with E-state index in [-0.39, 0.29) is 6.42 Å². The van der Waals surface area contributed by atoms with Gasteiger partial charge in [-0.1, -0.05) is 30.3 Å². The van der Waals surface area contributed by atoms with Gasteiger partial charge in [-0.3, -0.25) is 4.79 Å². The molecule has 0 aliphatic heterocycles. The second kappa shape index (κ2) is 6.44. The molecule has 1 heterocycles. The van der Waals surface area contributed by atoms with E-state index in [1.807, 2.05) is 42.5 Å². The Morgan fingerprint density at radius 3 is 2.65 bits per heavy atom. The molecular formula is C18H17NO4. The van der Waals surface area contributed by atoms with Gasteiger partial charge in [0.15, 0.2) is 11.5 Å². The maximum atomic E-state index is 11.0. The zero-order valence-corrected chi connectivity index (χ0v) is 12.7. The van der Waals surface area contributed by atoms with Crippen molar-refractivity contribution in [3.05, 3.63) is 59.8 Å². The summed E-state index contributed by atoms with van der Waals surface area (Å²) in [5.41, 5.74) is 2.60. The van der Waals surface area contributed by atoms with Crippen molar-refractivity contribution in [1.82, 2.24) is 4.98 Å². The topological polar surface area (TPSA) is 71.6 Å². The van der Waals surface area contributed by atoms with Crippen LogP contribution in [0.3, 0.4) is 0 Å². The van der Waals surface area contributed by atoms with E-state index in [1.54, 1.807) is 13.3 Å². The lowest BCUT2D eigenvalue weighted by Gasteiger charge is -2.11. The highest BCUT2D eigenvalue weighted by atomic mass is 16.5. The molecule has 1 aromatic heterocycles. The Morgan fingerprint density at radius 1 is 1.17 bits per heavy atom. The van der Waals surface area contributed by atoms with Gasteiger partial charge in [-0.25, -0.2) is 0 Å². The van der Waals surface area contributed by atoms with E-state index in [0.717, 1.165) is 22.0 Å². The van der Waals surface area contributed by atoms with E-state index >= 15 is 0 Å². The van der Waals surface area contributed by atoms with Gasteiger partial charge in [-0.05, 0) is 17.2 Å². The first-order valence-electron chi connectivity index (χ1n) is 7.24. The third kappa shape index (κ3) is 3.29. The molecule has 0 fully saturated rings. The summed E-state index contributed by atoms with van der Waals surface area (Å²) in [4.78, 5) is 14.0. The van der Waals surface area contributed by atoms with Gasteiger partial charge in [0.2, 0.25) is 0 Å². The van der Waals surface area contributed by atoms with E-state index < -0.39 is 5.97 Å². The van der Waals surface area contributed by atoms with Gasteiger partial charge >= 0.3 is 5.97 Å². The van der Waals surface area contributed by atoms with Crippen LogP contribution in [0.25, 0.3) is 10.9 Å². The number of aromatic nitrogens is 1. The highest BCUT2D eigenvalue weighted by Crippen LogP contribution is 2.34. The third-order valence-electron chi connectivity index (χ3n) is 3.63. The van der Waals surface area contributed by atoms with Crippen molar-refractivity contribution in [2.45, 2.75) is 13.0 Å². The number of benzene rings is 2. The first-order valence-corrected chi connectivity index (χ1v) is 7.24. The largest absolute Gasteiger partial charge is 0.493 e. The zero-order chi connectivity index (χ0) is 16.2. The number of nitrogens with one attached hydrogen (secondary N) is 1. The molecular weight excluding hydrogens is 294 g/mol. The molecule has 0 saturated carbocycles. The Hall–Kier alpha value is -2.95. The number of hydrogen-bond donors (Lipinski definition) is 2. The molecule has 2 aromatic carbocycles. The standard InChI is InChI=1S/C18H17NO4/c1-22-16-9-15-14(13(10-19-15)7-18(20)21)8-17(16)23-11-12-5-3-2-4-6-12/h2-6,8-10,19H,7,11H2,1H3,(H,20,21). The zero-order valence-electron chi connectivity index (χ0n) is 12.7. The average Bonchev–Trinajstić information content (AvgIpc) is 2.94. The van der Waals surface area contributed by atoms with Gasteiger partial charge in [0.1, 0.15) is 6.61 Å². The summed E-state index contributed by atoms with van der Waals surface area (Å²) in [7, 11) is 1.58. The van der Waals surface area contributed by atoms with Crippen molar-refractivity contribution in [2.75, 3.05) is 7.11 Å². The molecule has 0 atom stereocenters. The molecule has 0 amide bonds. The maximum Gasteiger partial charge on any atom is 0.307 e. The minimum atomic E-state index is -0.867. The number of rotatable bonds is 6. The van der Waals surface area contributed by atoms with Crippen LogP contribution in [-0.2, 0) is 17.8 Å². The fourth-order valence-corrected chi connectivity index (χ4v) is 2.50. The van der Waals surface area contributed by atoms with Crippen LogP contribution < -0.4 is 9.47 Å². The highest BCUT2D eigenvalue weighted by Gasteiger charge is 2.13. The lowest BCUT2D eigenvalue weighted by molar-refractivity contribution is -0.136.